The van der Waals surface area contributed by atoms with Crippen LogP contribution in [0.25, 0.3) is 0 Å². The van der Waals surface area contributed by atoms with Crippen LogP contribution in [0, 0.1) is 11.3 Å². The van der Waals surface area contributed by atoms with Gasteiger partial charge in [0.2, 0.25) is 0 Å². The molecule has 1 rings (SSSR count). The average molecular weight is 247 g/mol. The first-order chi connectivity index (χ1) is 8.74. The highest BCUT2D eigenvalue weighted by Crippen LogP contribution is 2.23. The quantitative estimate of drug-likeness (QED) is 0.800. The lowest BCUT2D eigenvalue weighted by atomic mass is 10.2. The number of hydrogen-bond acceptors (Lipinski definition) is 5. The van der Waals surface area contributed by atoms with Crippen molar-refractivity contribution in [1.29, 1.82) is 5.26 Å². The Labute approximate surface area is 109 Å². The van der Waals surface area contributed by atoms with E-state index in [2.05, 4.69) is 35.2 Å². The van der Waals surface area contributed by atoms with Gasteiger partial charge in [-0.1, -0.05) is 13.8 Å². The predicted molar refractivity (Wildman–Crippen MR) is 73.7 cm³/mol. The Balaban J connectivity index is 2.93. The Bertz CT molecular complexity index is 410. The minimum absolute atomic E-state index is 0.501. The topological polar surface area (TPSA) is 64.8 Å². The zero-order valence-electron chi connectivity index (χ0n) is 11.4. The fraction of sp³-hybridized carbons (Fsp3) is 0.615. The molecule has 98 valence electrons. The molecule has 5 nitrogen and oxygen atoms in total. The molecule has 0 aliphatic carbocycles. The molecule has 0 saturated heterocycles. The van der Waals surface area contributed by atoms with Gasteiger partial charge in [0.25, 0.3) is 0 Å². The number of nitrogens with one attached hydrogen (secondary N) is 1. The lowest BCUT2D eigenvalue weighted by molar-refractivity contribution is 0.859. The third-order valence-corrected chi connectivity index (χ3v) is 2.74. The third kappa shape index (κ3) is 3.59. The minimum atomic E-state index is 0.501. The van der Waals surface area contributed by atoms with Gasteiger partial charge in [0.15, 0.2) is 0 Å². The largest absolute Gasteiger partial charge is 0.370 e. The fourth-order valence-corrected chi connectivity index (χ4v) is 1.78. The van der Waals surface area contributed by atoms with E-state index in [0.29, 0.717) is 13.0 Å². The maximum absolute atomic E-state index is 8.64. The monoisotopic (exact) mass is 247 g/mol. The molecule has 0 radical (unpaired) electrons. The highest BCUT2D eigenvalue weighted by atomic mass is 15.2. The summed E-state index contributed by atoms with van der Waals surface area (Å²) in [6, 6.07) is 2.15. The highest BCUT2D eigenvalue weighted by Gasteiger charge is 2.12. The first-order valence-electron chi connectivity index (χ1n) is 6.40. The highest BCUT2D eigenvalue weighted by molar-refractivity contribution is 5.58. The van der Waals surface area contributed by atoms with Gasteiger partial charge in [-0.2, -0.15) is 5.26 Å². The van der Waals surface area contributed by atoms with Gasteiger partial charge >= 0.3 is 0 Å². The van der Waals surface area contributed by atoms with Crippen LogP contribution in [-0.2, 0) is 6.42 Å². The zero-order chi connectivity index (χ0) is 13.4. The van der Waals surface area contributed by atoms with Crippen LogP contribution in [0.4, 0.5) is 11.6 Å². The number of hydrogen-bond donors (Lipinski definition) is 1. The molecule has 1 aromatic rings. The van der Waals surface area contributed by atoms with Crippen molar-refractivity contribution in [2.45, 2.75) is 33.1 Å². The summed E-state index contributed by atoms with van der Waals surface area (Å²) in [7, 11) is 1.96. The predicted octanol–water partition coefficient (Wildman–Crippen LogP) is 2.21. The van der Waals surface area contributed by atoms with E-state index in [4.69, 9.17) is 5.26 Å². The van der Waals surface area contributed by atoms with E-state index in [-0.39, 0.29) is 0 Å². The molecule has 0 fully saturated rings. The summed E-state index contributed by atoms with van der Waals surface area (Å²) in [6.45, 7) is 5.82. The van der Waals surface area contributed by atoms with Gasteiger partial charge in [0, 0.05) is 25.7 Å². The van der Waals surface area contributed by atoms with E-state index in [1.165, 1.54) is 0 Å². The van der Waals surface area contributed by atoms with Gasteiger partial charge in [-0.3, -0.25) is 0 Å². The van der Waals surface area contributed by atoms with Crippen LogP contribution in [-0.4, -0.2) is 30.1 Å². The van der Waals surface area contributed by atoms with Crippen LogP contribution >= 0.6 is 0 Å². The molecule has 0 aromatic carbocycles. The van der Waals surface area contributed by atoms with Crippen LogP contribution in [0.5, 0.6) is 0 Å². The summed E-state index contributed by atoms with van der Waals surface area (Å²) in [6.07, 6.45) is 4.02. The smallest absolute Gasteiger partial charge is 0.137 e. The number of nitrogens with zero attached hydrogens (tertiary/aromatic N) is 4. The first kappa shape index (κ1) is 14.2. The molecular weight excluding hydrogens is 226 g/mol. The molecule has 0 saturated carbocycles. The van der Waals surface area contributed by atoms with Gasteiger partial charge in [-0.15, -0.1) is 0 Å². The molecule has 0 aliphatic heterocycles. The molecule has 1 heterocycles. The van der Waals surface area contributed by atoms with Gasteiger partial charge < -0.3 is 10.2 Å². The Morgan fingerprint density at radius 3 is 2.78 bits per heavy atom. The number of anilines is 2. The molecule has 0 bridgehead atoms. The Hall–Kier alpha value is -1.83. The number of aromatic nitrogens is 2. The summed E-state index contributed by atoms with van der Waals surface area (Å²) < 4.78 is 0. The number of rotatable bonds is 7. The Kier molecular flexibility index (Phi) is 5.92. The van der Waals surface area contributed by atoms with Gasteiger partial charge in [-0.25, -0.2) is 9.97 Å². The van der Waals surface area contributed by atoms with Gasteiger partial charge in [0.05, 0.1) is 12.5 Å². The van der Waals surface area contributed by atoms with Crippen LogP contribution < -0.4 is 10.2 Å². The molecule has 18 heavy (non-hydrogen) atoms. The molecule has 0 unspecified atom stereocenters. The van der Waals surface area contributed by atoms with Crippen molar-refractivity contribution in [2.75, 3.05) is 30.4 Å². The maximum Gasteiger partial charge on any atom is 0.137 e. The summed E-state index contributed by atoms with van der Waals surface area (Å²) in [4.78, 5) is 10.6. The summed E-state index contributed by atoms with van der Waals surface area (Å²) in [5.74, 6) is 1.83. The summed E-state index contributed by atoms with van der Waals surface area (Å²) in [5.41, 5.74) is 1.12. The standard InChI is InChI=1S/C13H21N5/c1-4-8-15-12-11(5-2)13(17-10-16-12)18(3)9-6-7-14/h10H,4-6,8-9H2,1-3H3,(H,15,16,17). The van der Waals surface area contributed by atoms with Crippen LogP contribution in [0.1, 0.15) is 32.3 Å². The van der Waals surface area contributed by atoms with E-state index in [9.17, 15) is 0 Å². The Morgan fingerprint density at radius 1 is 1.39 bits per heavy atom. The summed E-state index contributed by atoms with van der Waals surface area (Å²) in [5, 5.41) is 12.0. The molecule has 0 spiro atoms. The van der Waals surface area contributed by atoms with Crippen LogP contribution in [0.15, 0.2) is 6.33 Å². The lowest BCUT2D eigenvalue weighted by Gasteiger charge is -2.21. The average Bonchev–Trinajstić information content (AvgIpc) is 2.41. The molecule has 0 aliphatic rings. The van der Waals surface area contributed by atoms with Crippen molar-refractivity contribution in [3.63, 3.8) is 0 Å². The van der Waals surface area contributed by atoms with E-state index in [1.54, 1.807) is 6.33 Å². The molecule has 1 N–H and O–H groups in total. The van der Waals surface area contributed by atoms with Gasteiger partial charge in [-0.05, 0) is 12.8 Å². The van der Waals surface area contributed by atoms with E-state index >= 15 is 0 Å². The van der Waals surface area contributed by atoms with Crippen molar-refractivity contribution < 1.29 is 0 Å². The third-order valence-electron chi connectivity index (χ3n) is 2.74. The van der Waals surface area contributed by atoms with Crippen LogP contribution in [0.2, 0.25) is 0 Å². The van der Waals surface area contributed by atoms with E-state index in [0.717, 1.165) is 36.6 Å². The van der Waals surface area contributed by atoms with Crippen LogP contribution in [0.3, 0.4) is 0 Å². The van der Waals surface area contributed by atoms with Crippen molar-refractivity contribution in [2.24, 2.45) is 0 Å². The molecule has 5 heteroatoms. The fourth-order valence-electron chi connectivity index (χ4n) is 1.78. The van der Waals surface area contributed by atoms with Gasteiger partial charge in [0.1, 0.15) is 18.0 Å². The number of nitriles is 1. The first-order valence-corrected chi connectivity index (χ1v) is 6.40. The molecule has 1 aromatic heterocycles. The van der Waals surface area contributed by atoms with E-state index in [1.807, 2.05) is 11.9 Å². The normalized spacial score (nSPS) is 9.89. The molecule has 0 atom stereocenters. The lowest BCUT2D eigenvalue weighted by Crippen LogP contribution is -2.22. The second-order valence-electron chi connectivity index (χ2n) is 4.13. The zero-order valence-corrected chi connectivity index (χ0v) is 11.4. The Morgan fingerprint density at radius 2 is 2.17 bits per heavy atom. The second-order valence-corrected chi connectivity index (χ2v) is 4.13. The minimum Gasteiger partial charge on any atom is -0.370 e. The van der Waals surface area contributed by atoms with Crippen molar-refractivity contribution in [3.8, 4) is 6.07 Å². The molecular formula is C13H21N5. The van der Waals surface area contributed by atoms with Crippen molar-refractivity contribution in [3.05, 3.63) is 11.9 Å². The molecule has 0 amide bonds. The van der Waals surface area contributed by atoms with E-state index < -0.39 is 0 Å². The summed E-state index contributed by atoms with van der Waals surface area (Å²) >= 11 is 0. The SMILES string of the molecule is CCCNc1ncnc(N(C)CCC#N)c1CC. The second kappa shape index (κ2) is 7.49. The maximum atomic E-state index is 8.64. The van der Waals surface area contributed by atoms with Crippen molar-refractivity contribution in [1.82, 2.24) is 9.97 Å². The van der Waals surface area contributed by atoms with Crippen molar-refractivity contribution >= 4 is 11.6 Å².